The highest BCUT2D eigenvalue weighted by molar-refractivity contribution is 7.88. The molecule has 0 bridgehead atoms. The molecule has 2 aromatic heterocycles. The van der Waals surface area contributed by atoms with E-state index in [0.717, 1.165) is 31.6 Å². The molecule has 0 unspecified atom stereocenters. The van der Waals surface area contributed by atoms with E-state index in [1.807, 2.05) is 24.3 Å². The van der Waals surface area contributed by atoms with E-state index in [0.29, 0.717) is 17.9 Å². The van der Waals surface area contributed by atoms with Gasteiger partial charge in [-0.15, -0.1) is 0 Å². The Kier molecular flexibility index (Phi) is 10.0. The van der Waals surface area contributed by atoms with Crippen molar-refractivity contribution in [3.05, 3.63) is 66.0 Å². The normalized spacial score (nSPS) is 12.5. The quantitative estimate of drug-likeness (QED) is 0.275. The van der Waals surface area contributed by atoms with Crippen molar-refractivity contribution < 1.29 is 8.42 Å². The minimum Gasteiger partial charge on any atom is -0.347 e. The zero-order chi connectivity index (χ0) is 25.3. The fraction of sp³-hybridized carbons (Fsp3) is 0.520. The lowest BCUT2D eigenvalue weighted by atomic mass is 10.1. The number of nitrogens with one attached hydrogen (secondary N) is 3. The van der Waals surface area contributed by atoms with E-state index >= 15 is 0 Å². The number of benzene rings is 1. The van der Waals surface area contributed by atoms with Crippen molar-refractivity contribution in [2.75, 3.05) is 13.1 Å². The third-order valence-electron chi connectivity index (χ3n) is 6.00. The second-order valence-corrected chi connectivity index (χ2v) is 11.2. The molecular formula is C25H39N7O2S. The molecule has 0 spiro atoms. The summed E-state index contributed by atoms with van der Waals surface area (Å²) < 4.78 is 27.6. The number of hydrogen-bond acceptors (Lipinski definition) is 6. The van der Waals surface area contributed by atoms with Crippen molar-refractivity contribution in [2.45, 2.75) is 77.4 Å². The Morgan fingerprint density at radius 1 is 0.886 bits per heavy atom. The summed E-state index contributed by atoms with van der Waals surface area (Å²) in [7, 11) is -3.79. The van der Waals surface area contributed by atoms with Crippen LogP contribution in [-0.4, -0.2) is 62.7 Å². The van der Waals surface area contributed by atoms with Crippen LogP contribution in [0.25, 0.3) is 0 Å². The summed E-state index contributed by atoms with van der Waals surface area (Å²) in [5.74, 6) is 0.575. The van der Waals surface area contributed by atoms with Crippen molar-refractivity contribution >= 4 is 10.0 Å². The molecule has 0 aliphatic heterocycles. The molecule has 0 saturated carbocycles. The fourth-order valence-corrected chi connectivity index (χ4v) is 5.41. The zero-order valence-corrected chi connectivity index (χ0v) is 22.1. The third kappa shape index (κ3) is 7.99. The molecule has 0 aliphatic rings. The van der Waals surface area contributed by atoms with Gasteiger partial charge in [0.2, 0.25) is 5.16 Å². The van der Waals surface area contributed by atoms with Gasteiger partial charge in [0.05, 0.1) is 6.54 Å². The summed E-state index contributed by atoms with van der Waals surface area (Å²) in [4.78, 5) is 16.3. The van der Waals surface area contributed by atoms with Crippen LogP contribution in [0.5, 0.6) is 0 Å². The van der Waals surface area contributed by atoms with Gasteiger partial charge >= 0.3 is 0 Å². The maximum absolute atomic E-state index is 13.1. The van der Waals surface area contributed by atoms with Gasteiger partial charge in [-0.05, 0) is 64.8 Å². The SMILES string of the molecule is CC(C)N(CCCCNCc1ccc(CN(Cc2ncc[nH]2)S(=O)(=O)c2ncc[nH]2)cc1)C(C)C. The van der Waals surface area contributed by atoms with Gasteiger partial charge in [0.25, 0.3) is 10.0 Å². The Labute approximate surface area is 209 Å². The Morgan fingerprint density at radius 3 is 2.14 bits per heavy atom. The van der Waals surface area contributed by atoms with Crippen LogP contribution >= 0.6 is 0 Å². The summed E-state index contributed by atoms with van der Waals surface area (Å²) in [6.45, 7) is 12.3. The van der Waals surface area contributed by atoms with Crippen LogP contribution < -0.4 is 5.32 Å². The number of unbranched alkanes of at least 4 members (excludes halogenated alkanes) is 1. The Morgan fingerprint density at radius 2 is 1.54 bits per heavy atom. The number of H-pyrrole nitrogens is 2. The van der Waals surface area contributed by atoms with E-state index in [1.54, 1.807) is 12.4 Å². The average Bonchev–Trinajstić information content (AvgIpc) is 3.53. The summed E-state index contributed by atoms with van der Waals surface area (Å²) in [5, 5.41) is 3.44. The van der Waals surface area contributed by atoms with Gasteiger partial charge in [-0.2, -0.15) is 4.31 Å². The summed E-state index contributed by atoms with van der Waals surface area (Å²) >= 11 is 0. The maximum atomic E-state index is 13.1. The van der Waals surface area contributed by atoms with E-state index in [1.165, 1.54) is 28.7 Å². The van der Waals surface area contributed by atoms with Gasteiger partial charge in [-0.25, -0.2) is 18.4 Å². The first-order chi connectivity index (χ1) is 16.8. The molecule has 2 heterocycles. The van der Waals surface area contributed by atoms with E-state index in [-0.39, 0.29) is 18.2 Å². The third-order valence-corrected chi connectivity index (χ3v) is 7.65. The molecule has 35 heavy (non-hydrogen) atoms. The summed E-state index contributed by atoms with van der Waals surface area (Å²) in [6, 6.07) is 9.20. The van der Waals surface area contributed by atoms with E-state index in [4.69, 9.17) is 0 Å². The highest BCUT2D eigenvalue weighted by atomic mass is 32.2. The van der Waals surface area contributed by atoms with Gasteiger partial charge in [0, 0.05) is 50.0 Å². The van der Waals surface area contributed by atoms with E-state index in [9.17, 15) is 8.42 Å². The molecule has 3 N–H and O–H groups in total. The van der Waals surface area contributed by atoms with Gasteiger partial charge < -0.3 is 15.3 Å². The fourth-order valence-electron chi connectivity index (χ4n) is 4.15. The monoisotopic (exact) mass is 501 g/mol. The zero-order valence-electron chi connectivity index (χ0n) is 21.2. The van der Waals surface area contributed by atoms with Crippen molar-refractivity contribution in [2.24, 2.45) is 0 Å². The predicted octanol–water partition coefficient (Wildman–Crippen LogP) is 3.51. The molecule has 192 valence electrons. The minimum atomic E-state index is -3.79. The molecule has 0 atom stereocenters. The molecule has 0 aliphatic carbocycles. The molecule has 0 radical (unpaired) electrons. The number of hydrogen-bond donors (Lipinski definition) is 3. The van der Waals surface area contributed by atoms with Crippen LogP contribution in [0.4, 0.5) is 0 Å². The first-order valence-corrected chi connectivity index (χ1v) is 13.7. The van der Waals surface area contributed by atoms with Crippen LogP contribution in [0, 0.1) is 0 Å². The highest BCUT2D eigenvalue weighted by Gasteiger charge is 2.28. The average molecular weight is 502 g/mol. The maximum Gasteiger partial charge on any atom is 0.277 e. The second-order valence-electron chi connectivity index (χ2n) is 9.33. The van der Waals surface area contributed by atoms with E-state index in [2.05, 4.69) is 57.8 Å². The lowest BCUT2D eigenvalue weighted by molar-refractivity contribution is 0.171. The second kappa shape index (κ2) is 13.0. The first-order valence-electron chi connectivity index (χ1n) is 12.3. The number of sulfonamides is 1. The molecule has 1 aromatic carbocycles. The summed E-state index contributed by atoms with van der Waals surface area (Å²) in [5.41, 5.74) is 2.07. The van der Waals surface area contributed by atoms with Crippen molar-refractivity contribution in [3.8, 4) is 0 Å². The predicted molar refractivity (Wildman–Crippen MR) is 138 cm³/mol. The van der Waals surface area contributed by atoms with E-state index < -0.39 is 10.0 Å². The molecule has 3 aromatic rings. The topological polar surface area (TPSA) is 110 Å². The summed E-state index contributed by atoms with van der Waals surface area (Å²) in [6.07, 6.45) is 8.55. The lowest BCUT2D eigenvalue weighted by Crippen LogP contribution is -2.37. The molecule has 10 heteroatoms. The van der Waals surface area contributed by atoms with Crippen molar-refractivity contribution in [1.29, 1.82) is 0 Å². The van der Waals surface area contributed by atoms with Crippen LogP contribution in [0.2, 0.25) is 0 Å². The Hall–Kier alpha value is -2.53. The number of imidazole rings is 2. The standard InChI is InChI=1S/C25H39N7O2S/c1-20(2)32(21(3)4)16-6-5-11-26-17-22-7-9-23(10-8-22)18-31(19-24-27-12-13-28-24)35(33,34)25-29-14-15-30-25/h7-10,12-15,20-21,26H,5-6,11,16-19H2,1-4H3,(H,27,28)(H,29,30). The first kappa shape index (κ1) is 27.1. The number of aromatic nitrogens is 4. The van der Waals surface area contributed by atoms with Crippen molar-refractivity contribution in [3.63, 3.8) is 0 Å². The molecule has 3 rings (SSSR count). The van der Waals surface area contributed by atoms with Crippen LogP contribution in [0.15, 0.2) is 54.2 Å². The molecule has 9 nitrogen and oxygen atoms in total. The molecular weight excluding hydrogens is 462 g/mol. The number of aromatic amines is 2. The van der Waals surface area contributed by atoms with Crippen molar-refractivity contribution in [1.82, 2.24) is 34.5 Å². The molecule has 0 fully saturated rings. The number of nitrogens with zero attached hydrogens (tertiary/aromatic N) is 4. The Balaban J connectivity index is 1.51. The highest BCUT2D eigenvalue weighted by Crippen LogP contribution is 2.18. The van der Waals surface area contributed by atoms with Gasteiger partial charge in [-0.3, -0.25) is 4.90 Å². The Bertz CT molecular complexity index is 1070. The van der Waals surface area contributed by atoms with Crippen LogP contribution in [0.1, 0.15) is 57.5 Å². The van der Waals surface area contributed by atoms with Crippen LogP contribution in [0.3, 0.4) is 0 Å². The largest absolute Gasteiger partial charge is 0.347 e. The minimum absolute atomic E-state index is 0.0743. The molecule has 0 saturated heterocycles. The van der Waals surface area contributed by atoms with Gasteiger partial charge in [0.1, 0.15) is 5.82 Å². The van der Waals surface area contributed by atoms with Gasteiger partial charge in [0.15, 0.2) is 0 Å². The smallest absolute Gasteiger partial charge is 0.277 e. The number of rotatable bonds is 15. The lowest BCUT2D eigenvalue weighted by Gasteiger charge is -2.30. The van der Waals surface area contributed by atoms with Crippen LogP contribution in [-0.2, 0) is 29.7 Å². The molecule has 0 amide bonds. The van der Waals surface area contributed by atoms with Gasteiger partial charge in [-0.1, -0.05) is 24.3 Å².